The SMILES string of the molecule is Cc1cc2oc(C(=O)NCC(c3ccccc3Cl)N(C)C)cc(=O)c2cc1Cl. The maximum Gasteiger partial charge on any atom is 0.287 e. The zero-order chi connectivity index (χ0) is 20.4. The van der Waals surface area contributed by atoms with Gasteiger partial charge in [0.1, 0.15) is 5.58 Å². The standard InChI is InChI=1S/C21H20Cl2N2O3/c1-12-8-19-14(9-16(12)23)18(26)10-20(28-19)21(27)24-11-17(25(2)3)13-6-4-5-7-15(13)22/h4-10,17H,11H2,1-3H3,(H,24,27). The van der Waals surface area contributed by atoms with Gasteiger partial charge in [0.2, 0.25) is 0 Å². The lowest BCUT2D eigenvalue weighted by molar-refractivity contribution is 0.0914. The van der Waals surface area contributed by atoms with Crippen molar-refractivity contribution in [3.63, 3.8) is 0 Å². The van der Waals surface area contributed by atoms with Gasteiger partial charge in [-0.25, -0.2) is 0 Å². The quantitative estimate of drug-likeness (QED) is 0.664. The summed E-state index contributed by atoms with van der Waals surface area (Å²) in [6.07, 6.45) is 0. The fraction of sp³-hybridized carbons (Fsp3) is 0.238. The minimum Gasteiger partial charge on any atom is -0.451 e. The molecular formula is C21H20Cl2N2O3. The van der Waals surface area contributed by atoms with Crippen LogP contribution in [0.3, 0.4) is 0 Å². The molecule has 1 aromatic heterocycles. The maximum absolute atomic E-state index is 12.6. The summed E-state index contributed by atoms with van der Waals surface area (Å²) in [5.74, 6) is -0.513. The van der Waals surface area contributed by atoms with Crippen LogP contribution < -0.4 is 10.7 Å². The maximum atomic E-state index is 12.6. The van der Waals surface area contributed by atoms with E-state index in [2.05, 4.69) is 5.32 Å². The molecule has 1 unspecified atom stereocenters. The van der Waals surface area contributed by atoms with Crippen LogP contribution in [0.5, 0.6) is 0 Å². The van der Waals surface area contributed by atoms with Crippen molar-refractivity contribution < 1.29 is 9.21 Å². The molecule has 0 aliphatic heterocycles. The van der Waals surface area contributed by atoms with Crippen LogP contribution in [0.1, 0.15) is 27.7 Å². The first-order valence-electron chi connectivity index (χ1n) is 8.71. The molecule has 1 N–H and O–H groups in total. The Morgan fingerprint density at radius 2 is 1.86 bits per heavy atom. The molecule has 0 spiro atoms. The van der Waals surface area contributed by atoms with E-state index in [0.717, 1.165) is 11.1 Å². The zero-order valence-electron chi connectivity index (χ0n) is 15.8. The van der Waals surface area contributed by atoms with Gasteiger partial charge < -0.3 is 14.6 Å². The van der Waals surface area contributed by atoms with E-state index in [1.165, 1.54) is 6.07 Å². The van der Waals surface area contributed by atoms with Crippen LogP contribution in [0.25, 0.3) is 11.0 Å². The van der Waals surface area contributed by atoms with E-state index in [1.54, 1.807) is 19.1 Å². The molecule has 1 amide bonds. The summed E-state index contributed by atoms with van der Waals surface area (Å²) >= 11 is 12.4. The van der Waals surface area contributed by atoms with E-state index in [4.69, 9.17) is 27.6 Å². The number of hydrogen-bond donors (Lipinski definition) is 1. The second kappa shape index (κ2) is 8.35. The number of rotatable bonds is 5. The van der Waals surface area contributed by atoms with Crippen molar-refractivity contribution in [2.24, 2.45) is 0 Å². The van der Waals surface area contributed by atoms with Crippen LogP contribution in [0.4, 0.5) is 0 Å². The summed E-state index contributed by atoms with van der Waals surface area (Å²) < 4.78 is 5.65. The molecule has 0 bridgehead atoms. The molecule has 1 heterocycles. The summed E-state index contributed by atoms with van der Waals surface area (Å²) in [6.45, 7) is 2.11. The van der Waals surface area contributed by atoms with Crippen molar-refractivity contribution in [1.29, 1.82) is 0 Å². The number of halogens is 2. The summed E-state index contributed by atoms with van der Waals surface area (Å²) in [6, 6.07) is 11.7. The molecule has 0 radical (unpaired) electrons. The lowest BCUT2D eigenvalue weighted by atomic mass is 10.1. The van der Waals surface area contributed by atoms with Gasteiger partial charge in [-0.15, -0.1) is 0 Å². The lowest BCUT2D eigenvalue weighted by Crippen LogP contribution is -2.35. The van der Waals surface area contributed by atoms with Crippen molar-refractivity contribution in [1.82, 2.24) is 10.2 Å². The van der Waals surface area contributed by atoms with Crippen molar-refractivity contribution >= 4 is 40.1 Å². The normalized spacial score (nSPS) is 12.4. The van der Waals surface area contributed by atoms with Gasteiger partial charge in [0.05, 0.1) is 11.4 Å². The number of likely N-dealkylation sites (N-methyl/N-ethyl adjacent to an activating group) is 1. The number of benzene rings is 2. The van der Waals surface area contributed by atoms with E-state index >= 15 is 0 Å². The van der Waals surface area contributed by atoms with Crippen molar-refractivity contribution in [3.05, 3.63) is 79.6 Å². The Morgan fingerprint density at radius 3 is 2.54 bits per heavy atom. The van der Waals surface area contributed by atoms with E-state index in [9.17, 15) is 9.59 Å². The molecule has 28 heavy (non-hydrogen) atoms. The largest absolute Gasteiger partial charge is 0.451 e. The number of carbonyl (C=O) groups excluding carboxylic acids is 1. The van der Waals surface area contributed by atoms with E-state index in [1.807, 2.05) is 43.3 Å². The Labute approximate surface area is 172 Å². The highest BCUT2D eigenvalue weighted by atomic mass is 35.5. The van der Waals surface area contributed by atoms with Gasteiger partial charge in [0.25, 0.3) is 5.91 Å². The van der Waals surface area contributed by atoms with Gasteiger partial charge >= 0.3 is 0 Å². The highest BCUT2D eigenvalue weighted by Crippen LogP contribution is 2.26. The van der Waals surface area contributed by atoms with Crippen LogP contribution in [0, 0.1) is 6.92 Å². The average Bonchev–Trinajstić information content (AvgIpc) is 2.64. The van der Waals surface area contributed by atoms with E-state index in [0.29, 0.717) is 27.6 Å². The molecule has 0 aliphatic carbocycles. The van der Waals surface area contributed by atoms with Gasteiger partial charge in [-0.3, -0.25) is 9.59 Å². The topological polar surface area (TPSA) is 62.6 Å². The van der Waals surface area contributed by atoms with Gasteiger partial charge in [0.15, 0.2) is 11.2 Å². The van der Waals surface area contributed by atoms with Crippen molar-refractivity contribution in [3.8, 4) is 0 Å². The van der Waals surface area contributed by atoms with Crippen LogP contribution in [-0.2, 0) is 0 Å². The number of aryl methyl sites for hydroxylation is 1. The second-order valence-corrected chi connectivity index (χ2v) is 7.60. The first-order valence-corrected chi connectivity index (χ1v) is 9.46. The van der Waals surface area contributed by atoms with E-state index < -0.39 is 5.91 Å². The molecule has 0 saturated carbocycles. The first-order chi connectivity index (χ1) is 13.3. The van der Waals surface area contributed by atoms with Gasteiger partial charge in [-0.2, -0.15) is 0 Å². The molecule has 2 aromatic carbocycles. The third-order valence-corrected chi connectivity index (χ3v) is 5.33. The van der Waals surface area contributed by atoms with Crippen molar-refractivity contribution in [2.75, 3.05) is 20.6 Å². The monoisotopic (exact) mass is 418 g/mol. The summed E-state index contributed by atoms with van der Waals surface area (Å²) in [5.41, 5.74) is 1.68. The molecule has 0 saturated heterocycles. The summed E-state index contributed by atoms with van der Waals surface area (Å²) in [5, 5.41) is 4.27. The number of amides is 1. The molecule has 3 aromatic rings. The molecule has 7 heteroatoms. The number of fused-ring (bicyclic) bond motifs is 1. The van der Waals surface area contributed by atoms with Crippen LogP contribution in [-0.4, -0.2) is 31.4 Å². The van der Waals surface area contributed by atoms with Crippen LogP contribution >= 0.6 is 23.2 Å². The molecule has 3 rings (SSSR count). The predicted octanol–water partition coefficient (Wildman–Crippen LogP) is 4.44. The molecule has 0 aliphatic rings. The average molecular weight is 419 g/mol. The molecule has 146 valence electrons. The fourth-order valence-electron chi connectivity index (χ4n) is 2.98. The number of nitrogens with one attached hydrogen (secondary N) is 1. The third-order valence-electron chi connectivity index (χ3n) is 4.58. The number of hydrogen-bond acceptors (Lipinski definition) is 4. The minimum atomic E-state index is -0.467. The zero-order valence-corrected chi connectivity index (χ0v) is 17.3. The highest BCUT2D eigenvalue weighted by Gasteiger charge is 2.20. The minimum absolute atomic E-state index is 0.0455. The number of carbonyl (C=O) groups is 1. The van der Waals surface area contributed by atoms with Gasteiger partial charge in [0, 0.05) is 22.7 Å². The number of nitrogens with zero attached hydrogens (tertiary/aromatic N) is 1. The van der Waals surface area contributed by atoms with E-state index in [-0.39, 0.29) is 17.2 Å². The lowest BCUT2D eigenvalue weighted by Gasteiger charge is -2.25. The van der Waals surface area contributed by atoms with Crippen LogP contribution in [0.15, 0.2) is 51.7 Å². The van der Waals surface area contributed by atoms with Gasteiger partial charge in [-0.1, -0.05) is 41.4 Å². The smallest absolute Gasteiger partial charge is 0.287 e. The Balaban J connectivity index is 1.85. The van der Waals surface area contributed by atoms with Crippen molar-refractivity contribution in [2.45, 2.75) is 13.0 Å². The predicted molar refractivity (Wildman–Crippen MR) is 112 cm³/mol. The highest BCUT2D eigenvalue weighted by molar-refractivity contribution is 6.32. The van der Waals surface area contributed by atoms with Crippen LogP contribution in [0.2, 0.25) is 10.0 Å². The van der Waals surface area contributed by atoms with Gasteiger partial charge in [-0.05, 0) is 50.3 Å². The first kappa shape index (κ1) is 20.4. The molecule has 5 nitrogen and oxygen atoms in total. The Kier molecular flexibility index (Phi) is 6.08. The third kappa shape index (κ3) is 4.22. The molecule has 0 fully saturated rings. The summed E-state index contributed by atoms with van der Waals surface area (Å²) in [4.78, 5) is 26.9. The molecular weight excluding hydrogens is 399 g/mol. The summed E-state index contributed by atoms with van der Waals surface area (Å²) in [7, 11) is 3.81. The second-order valence-electron chi connectivity index (χ2n) is 6.78. The fourth-order valence-corrected chi connectivity index (χ4v) is 3.41. The molecule has 1 atom stereocenters. The Morgan fingerprint density at radius 1 is 1.14 bits per heavy atom. The Hall–Kier alpha value is -2.34. The Bertz CT molecular complexity index is 1090.